The third kappa shape index (κ3) is 4.62. The van der Waals surface area contributed by atoms with Crippen molar-refractivity contribution in [3.63, 3.8) is 0 Å². The Labute approximate surface area is 205 Å². The van der Waals surface area contributed by atoms with Crippen molar-refractivity contribution in [2.75, 3.05) is 42.5 Å². The molecule has 3 aromatic rings. The van der Waals surface area contributed by atoms with Crippen molar-refractivity contribution in [3.8, 4) is 5.82 Å². The lowest BCUT2D eigenvalue weighted by molar-refractivity contribution is -0.136. The summed E-state index contributed by atoms with van der Waals surface area (Å²) in [4.78, 5) is 40.9. The van der Waals surface area contributed by atoms with Gasteiger partial charge in [-0.15, -0.1) is 0 Å². The number of hydrogen-bond acceptors (Lipinski definition) is 6. The molecule has 0 N–H and O–H groups in total. The van der Waals surface area contributed by atoms with E-state index >= 15 is 0 Å². The number of carbonyl (C=O) groups is 2. The van der Waals surface area contributed by atoms with Crippen molar-refractivity contribution in [3.05, 3.63) is 59.2 Å². The van der Waals surface area contributed by atoms with Gasteiger partial charge in [-0.05, 0) is 45.9 Å². The molecule has 2 fully saturated rings. The number of carbonyl (C=O) groups excluding carboxylic acids is 2. The molecule has 0 radical (unpaired) electrons. The predicted octanol–water partition coefficient (Wildman–Crippen LogP) is 2.60. The fraction of sp³-hybridized carbons (Fsp3) is 0.423. The first-order chi connectivity index (χ1) is 16.8. The van der Waals surface area contributed by atoms with Crippen molar-refractivity contribution >= 4 is 23.3 Å². The van der Waals surface area contributed by atoms with Gasteiger partial charge in [-0.2, -0.15) is 5.10 Å². The Balaban J connectivity index is 1.24. The molecule has 0 spiro atoms. The summed E-state index contributed by atoms with van der Waals surface area (Å²) in [5.74, 6) is 2.05. The van der Waals surface area contributed by atoms with Gasteiger partial charge in [-0.25, -0.2) is 14.6 Å². The van der Waals surface area contributed by atoms with E-state index < -0.39 is 0 Å². The number of rotatable bonds is 4. The third-order valence-electron chi connectivity index (χ3n) is 6.77. The van der Waals surface area contributed by atoms with E-state index in [9.17, 15) is 9.59 Å². The van der Waals surface area contributed by atoms with Crippen LogP contribution in [-0.2, 0) is 9.59 Å². The predicted molar refractivity (Wildman–Crippen MR) is 134 cm³/mol. The van der Waals surface area contributed by atoms with Gasteiger partial charge in [0.05, 0.1) is 11.6 Å². The smallest absolute Gasteiger partial charge is 0.228 e. The largest absolute Gasteiger partial charge is 0.353 e. The Hall–Kier alpha value is -3.75. The molecule has 2 aliphatic heterocycles. The molecular formula is C26H31N7O2. The van der Waals surface area contributed by atoms with Gasteiger partial charge in [0.25, 0.3) is 0 Å². The topological polar surface area (TPSA) is 87.5 Å². The Bertz CT molecular complexity index is 1260. The molecule has 5 rings (SSSR count). The van der Waals surface area contributed by atoms with Gasteiger partial charge in [0.2, 0.25) is 11.8 Å². The van der Waals surface area contributed by atoms with Crippen LogP contribution in [0.15, 0.2) is 36.4 Å². The minimum atomic E-state index is -0.297. The summed E-state index contributed by atoms with van der Waals surface area (Å²) in [6.07, 6.45) is 0.268. The molecular weight excluding hydrogens is 442 g/mol. The number of aryl methyl sites for hydroxylation is 4. The summed E-state index contributed by atoms with van der Waals surface area (Å²) in [5.41, 5.74) is 3.97. The van der Waals surface area contributed by atoms with Crippen LogP contribution in [0.2, 0.25) is 0 Å². The standard InChI is InChI=1S/C26H31N7O2/c1-17-5-7-22(8-6-17)32-16-21(14-25(32)34)26(35)31-11-9-30(10-12-31)23-15-24(28-20(4)27-23)33-19(3)13-18(2)29-33/h5-8,13,15,21H,9-12,14,16H2,1-4H3. The first kappa shape index (κ1) is 23.0. The van der Waals surface area contributed by atoms with E-state index in [4.69, 9.17) is 0 Å². The molecule has 2 aromatic heterocycles. The van der Waals surface area contributed by atoms with Crippen molar-refractivity contribution in [1.29, 1.82) is 0 Å². The van der Waals surface area contributed by atoms with Gasteiger partial charge in [-0.1, -0.05) is 17.7 Å². The van der Waals surface area contributed by atoms with Crippen LogP contribution in [0, 0.1) is 33.6 Å². The summed E-state index contributed by atoms with van der Waals surface area (Å²) in [6.45, 7) is 10.9. The molecule has 1 unspecified atom stereocenters. The number of benzene rings is 1. The van der Waals surface area contributed by atoms with Gasteiger partial charge in [0.1, 0.15) is 11.6 Å². The van der Waals surface area contributed by atoms with Gasteiger partial charge >= 0.3 is 0 Å². The molecule has 9 nitrogen and oxygen atoms in total. The monoisotopic (exact) mass is 473 g/mol. The lowest BCUT2D eigenvalue weighted by Gasteiger charge is -2.36. The first-order valence-corrected chi connectivity index (χ1v) is 12.1. The molecule has 9 heteroatoms. The highest BCUT2D eigenvalue weighted by Crippen LogP contribution is 2.27. The summed E-state index contributed by atoms with van der Waals surface area (Å²) >= 11 is 0. The van der Waals surface area contributed by atoms with Crippen LogP contribution in [0.4, 0.5) is 11.5 Å². The van der Waals surface area contributed by atoms with E-state index in [1.807, 2.05) is 73.7 Å². The van der Waals surface area contributed by atoms with Crippen LogP contribution in [0.3, 0.4) is 0 Å². The Morgan fingerprint density at radius 1 is 0.914 bits per heavy atom. The van der Waals surface area contributed by atoms with Crippen LogP contribution < -0.4 is 9.80 Å². The number of anilines is 2. The highest BCUT2D eigenvalue weighted by molar-refractivity contribution is 6.00. The number of piperazine rings is 1. The van der Waals surface area contributed by atoms with E-state index in [1.165, 1.54) is 0 Å². The zero-order valence-corrected chi connectivity index (χ0v) is 20.7. The number of nitrogens with zero attached hydrogens (tertiary/aromatic N) is 7. The van der Waals surface area contributed by atoms with Gasteiger partial charge in [-0.3, -0.25) is 9.59 Å². The molecule has 0 saturated carbocycles. The van der Waals surface area contributed by atoms with E-state index in [0.717, 1.165) is 34.3 Å². The summed E-state index contributed by atoms with van der Waals surface area (Å²) in [5, 5.41) is 4.55. The summed E-state index contributed by atoms with van der Waals surface area (Å²) < 4.78 is 1.84. The van der Waals surface area contributed by atoms with Crippen LogP contribution in [-0.4, -0.2) is 69.2 Å². The van der Waals surface area contributed by atoms with Crippen molar-refractivity contribution in [2.24, 2.45) is 5.92 Å². The quantitative estimate of drug-likeness (QED) is 0.579. The second-order valence-electron chi connectivity index (χ2n) is 9.52. The van der Waals surface area contributed by atoms with Crippen LogP contribution in [0.25, 0.3) is 5.82 Å². The molecule has 1 aromatic carbocycles. The lowest BCUT2D eigenvalue weighted by atomic mass is 10.1. The maximum absolute atomic E-state index is 13.2. The molecule has 2 saturated heterocycles. The molecule has 182 valence electrons. The molecule has 1 atom stereocenters. The van der Waals surface area contributed by atoms with Gasteiger partial charge in [0.15, 0.2) is 5.82 Å². The summed E-state index contributed by atoms with van der Waals surface area (Å²) in [6, 6.07) is 11.9. The second kappa shape index (κ2) is 9.13. The van der Waals surface area contributed by atoms with E-state index in [2.05, 4.69) is 20.0 Å². The van der Waals surface area contributed by atoms with Gasteiger partial charge < -0.3 is 14.7 Å². The normalized spacial score (nSPS) is 18.5. The third-order valence-corrected chi connectivity index (χ3v) is 6.77. The maximum Gasteiger partial charge on any atom is 0.228 e. The van der Waals surface area contributed by atoms with E-state index in [1.54, 1.807) is 4.90 Å². The zero-order valence-electron chi connectivity index (χ0n) is 20.7. The molecule has 35 heavy (non-hydrogen) atoms. The number of aromatic nitrogens is 4. The highest BCUT2D eigenvalue weighted by Gasteiger charge is 2.38. The molecule has 0 bridgehead atoms. The fourth-order valence-electron chi connectivity index (χ4n) is 4.93. The fourth-order valence-corrected chi connectivity index (χ4v) is 4.93. The average Bonchev–Trinajstić information content (AvgIpc) is 3.40. The number of hydrogen-bond donors (Lipinski definition) is 0. The lowest BCUT2D eigenvalue weighted by Crippen LogP contribution is -2.51. The molecule has 2 aliphatic rings. The highest BCUT2D eigenvalue weighted by atomic mass is 16.2. The minimum Gasteiger partial charge on any atom is -0.353 e. The van der Waals surface area contributed by atoms with Crippen LogP contribution in [0.1, 0.15) is 29.2 Å². The van der Waals surface area contributed by atoms with E-state index in [0.29, 0.717) is 38.5 Å². The SMILES string of the molecule is Cc1ccc(N2CC(C(=O)N3CCN(c4cc(-n5nc(C)cc5C)nc(C)n4)CC3)CC2=O)cc1. The van der Waals surface area contributed by atoms with E-state index in [-0.39, 0.29) is 24.2 Å². The van der Waals surface area contributed by atoms with Crippen LogP contribution >= 0.6 is 0 Å². The van der Waals surface area contributed by atoms with Crippen molar-refractivity contribution < 1.29 is 9.59 Å². The second-order valence-corrected chi connectivity index (χ2v) is 9.52. The minimum absolute atomic E-state index is 0.0129. The van der Waals surface area contributed by atoms with Crippen molar-refractivity contribution in [2.45, 2.75) is 34.1 Å². The zero-order chi connectivity index (χ0) is 24.7. The summed E-state index contributed by atoms with van der Waals surface area (Å²) in [7, 11) is 0. The Morgan fingerprint density at radius 2 is 1.60 bits per heavy atom. The molecule has 4 heterocycles. The van der Waals surface area contributed by atoms with Gasteiger partial charge in [0, 0.05) is 56.6 Å². The average molecular weight is 474 g/mol. The van der Waals surface area contributed by atoms with Crippen molar-refractivity contribution in [1.82, 2.24) is 24.6 Å². The first-order valence-electron chi connectivity index (χ1n) is 12.1. The Kier molecular flexibility index (Phi) is 6.00. The number of amides is 2. The molecule has 0 aliphatic carbocycles. The maximum atomic E-state index is 13.2. The Morgan fingerprint density at radius 3 is 2.26 bits per heavy atom. The van der Waals surface area contributed by atoms with Crippen LogP contribution in [0.5, 0.6) is 0 Å². The molecule has 2 amide bonds.